The first kappa shape index (κ1) is 34.5. The number of benzene rings is 3. The Kier molecular flexibility index (Phi) is 12.0. The highest BCUT2D eigenvalue weighted by atomic mass is 35.5. The maximum Gasteiger partial charge on any atom is 0.417 e. The standard InChI is InChI=1S/C36H40ClF3N4O3/c37-35-29(14-7-15-31(35)36(38,39)40)24-43(25-30(27-10-3-1-4-11-27)28-12-5-2-6-13-28)18-9-23-47-33-17-8-16-32(41-33)44-21-19-42(20-22-44)26-34(45)46/h1-8,10-17,30,32,41H,9,18-26H2,(H,45,46). The summed E-state index contributed by atoms with van der Waals surface area (Å²) in [6.45, 7) is 4.66. The Balaban J connectivity index is 1.24. The van der Waals surface area contributed by atoms with Crippen LogP contribution in [0, 0.1) is 0 Å². The van der Waals surface area contributed by atoms with Gasteiger partial charge in [0, 0.05) is 51.7 Å². The average Bonchev–Trinajstić information content (AvgIpc) is 3.06. The molecule has 0 aliphatic carbocycles. The van der Waals surface area contributed by atoms with Crippen LogP contribution in [-0.4, -0.2) is 84.4 Å². The molecule has 0 aromatic heterocycles. The summed E-state index contributed by atoms with van der Waals surface area (Å²) in [5.74, 6) is -0.184. The van der Waals surface area contributed by atoms with Crippen molar-refractivity contribution in [2.75, 3.05) is 52.4 Å². The minimum Gasteiger partial charge on any atom is -0.480 e. The Labute approximate surface area is 278 Å². The summed E-state index contributed by atoms with van der Waals surface area (Å²) < 4.78 is 47.2. The Morgan fingerprint density at radius 2 is 1.64 bits per heavy atom. The molecular weight excluding hydrogens is 629 g/mol. The number of ether oxygens (including phenoxy) is 1. The normalized spacial score (nSPS) is 17.5. The number of aliphatic carboxylic acids is 1. The predicted molar refractivity (Wildman–Crippen MR) is 177 cm³/mol. The molecule has 5 rings (SSSR count). The lowest BCUT2D eigenvalue weighted by atomic mass is 9.90. The summed E-state index contributed by atoms with van der Waals surface area (Å²) in [5.41, 5.74) is 1.83. The van der Waals surface area contributed by atoms with E-state index in [1.807, 2.05) is 59.5 Å². The number of piperazine rings is 1. The highest BCUT2D eigenvalue weighted by Crippen LogP contribution is 2.37. The van der Waals surface area contributed by atoms with Crippen molar-refractivity contribution in [3.05, 3.63) is 130 Å². The van der Waals surface area contributed by atoms with E-state index in [2.05, 4.69) is 39.4 Å². The third-order valence-corrected chi connectivity index (χ3v) is 8.94. The van der Waals surface area contributed by atoms with Gasteiger partial charge < -0.3 is 15.2 Å². The number of carbonyl (C=O) groups is 1. The predicted octanol–water partition coefficient (Wildman–Crippen LogP) is 6.43. The van der Waals surface area contributed by atoms with Crippen molar-refractivity contribution in [3.63, 3.8) is 0 Å². The minimum atomic E-state index is -4.54. The zero-order valence-electron chi connectivity index (χ0n) is 26.1. The molecule has 47 heavy (non-hydrogen) atoms. The number of allylic oxidation sites excluding steroid dienone is 2. The monoisotopic (exact) mass is 668 g/mol. The number of nitrogens with zero attached hydrogens (tertiary/aromatic N) is 3. The largest absolute Gasteiger partial charge is 0.480 e. The van der Waals surface area contributed by atoms with Crippen molar-refractivity contribution in [1.82, 2.24) is 20.0 Å². The highest BCUT2D eigenvalue weighted by molar-refractivity contribution is 6.32. The van der Waals surface area contributed by atoms with E-state index in [0.29, 0.717) is 50.7 Å². The van der Waals surface area contributed by atoms with Crippen molar-refractivity contribution in [1.29, 1.82) is 0 Å². The lowest BCUT2D eigenvalue weighted by molar-refractivity contribution is -0.139. The van der Waals surface area contributed by atoms with Crippen molar-refractivity contribution in [3.8, 4) is 0 Å². The Bertz CT molecular complexity index is 1470. The number of hydrogen-bond donors (Lipinski definition) is 2. The number of alkyl halides is 3. The summed E-state index contributed by atoms with van der Waals surface area (Å²) in [6, 6.07) is 24.3. The van der Waals surface area contributed by atoms with Gasteiger partial charge in [-0.05, 0) is 41.3 Å². The minimum absolute atomic E-state index is 0.00697. The molecule has 1 unspecified atom stereocenters. The first-order valence-electron chi connectivity index (χ1n) is 15.8. The maximum atomic E-state index is 13.7. The molecule has 0 radical (unpaired) electrons. The third-order valence-electron chi connectivity index (χ3n) is 8.49. The van der Waals surface area contributed by atoms with Gasteiger partial charge in [0.05, 0.1) is 23.7 Å². The summed E-state index contributed by atoms with van der Waals surface area (Å²) in [4.78, 5) is 17.4. The number of dihydropyridines is 1. The zero-order valence-corrected chi connectivity index (χ0v) is 26.8. The first-order chi connectivity index (χ1) is 22.7. The Morgan fingerprint density at radius 3 is 2.26 bits per heavy atom. The van der Waals surface area contributed by atoms with E-state index in [1.165, 1.54) is 6.07 Å². The summed E-state index contributed by atoms with van der Waals surface area (Å²) in [7, 11) is 0. The van der Waals surface area contributed by atoms with E-state index in [0.717, 1.165) is 30.3 Å². The lowest BCUT2D eigenvalue weighted by Gasteiger charge is -2.39. The second-order valence-corrected chi connectivity index (χ2v) is 12.2. The summed E-state index contributed by atoms with van der Waals surface area (Å²) in [6.07, 6.45) is 1.91. The van der Waals surface area contributed by atoms with Crippen molar-refractivity contribution >= 4 is 17.6 Å². The molecule has 11 heteroatoms. The molecule has 3 aromatic carbocycles. The fraction of sp³-hybridized carbons (Fsp3) is 0.361. The molecule has 0 saturated carbocycles. The van der Waals surface area contributed by atoms with Crippen LogP contribution in [0.15, 0.2) is 103 Å². The van der Waals surface area contributed by atoms with E-state index in [1.54, 1.807) is 6.07 Å². The molecule has 2 aliphatic heterocycles. The van der Waals surface area contributed by atoms with Crippen LogP contribution < -0.4 is 5.32 Å². The number of carboxylic acids is 1. The van der Waals surface area contributed by atoms with Crippen LogP contribution >= 0.6 is 11.6 Å². The van der Waals surface area contributed by atoms with E-state index in [-0.39, 0.29) is 30.2 Å². The number of rotatable bonds is 14. The van der Waals surface area contributed by atoms with Crippen LogP contribution in [0.1, 0.15) is 34.6 Å². The molecule has 0 amide bonds. The van der Waals surface area contributed by atoms with Crippen LogP contribution in [0.2, 0.25) is 5.02 Å². The summed E-state index contributed by atoms with van der Waals surface area (Å²) in [5, 5.41) is 12.2. The molecule has 0 bridgehead atoms. The smallest absolute Gasteiger partial charge is 0.417 e. The number of carboxylic acid groups (broad SMARTS) is 1. The van der Waals surface area contributed by atoms with Gasteiger partial charge in [0.15, 0.2) is 5.88 Å². The number of halogens is 4. The van der Waals surface area contributed by atoms with Crippen molar-refractivity contribution in [2.45, 2.75) is 31.2 Å². The van der Waals surface area contributed by atoms with Gasteiger partial charge in [-0.3, -0.25) is 19.5 Å². The van der Waals surface area contributed by atoms with E-state index < -0.39 is 17.7 Å². The summed E-state index contributed by atoms with van der Waals surface area (Å²) >= 11 is 6.35. The van der Waals surface area contributed by atoms with Gasteiger partial charge in [0.1, 0.15) is 6.17 Å². The van der Waals surface area contributed by atoms with Gasteiger partial charge in [-0.2, -0.15) is 13.2 Å². The molecule has 1 saturated heterocycles. The molecule has 2 N–H and O–H groups in total. The molecule has 250 valence electrons. The van der Waals surface area contributed by atoms with E-state index in [9.17, 15) is 18.0 Å². The zero-order chi connectivity index (χ0) is 33.2. The van der Waals surface area contributed by atoms with Crippen molar-refractivity contribution in [2.24, 2.45) is 0 Å². The molecule has 2 heterocycles. The average molecular weight is 669 g/mol. The number of hydrogen-bond acceptors (Lipinski definition) is 6. The van der Waals surface area contributed by atoms with Gasteiger partial charge >= 0.3 is 12.1 Å². The van der Waals surface area contributed by atoms with Crippen LogP contribution in [0.5, 0.6) is 0 Å². The quantitative estimate of drug-likeness (QED) is 0.192. The van der Waals surface area contributed by atoms with Crippen LogP contribution in [0.3, 0.4) is 0 Å². The second kappa shape index (κ2) is 16.3. The molecule has 2 aliphatic rings. The third kappa shape index (κ3) is 9.84. The van der Waals surface area contributed by atoms with Gasteiger partial charge in [0.2, 0.25) is 0 Å². The topological polar surface area (TPSA) is 68.3 Å². The van der Waals surface area contributed by atoms with E-state index in [4.69, 9.17) is 21.4 Å². The molecular formula is C36H40ClF3N4O3. The van der Waals surface area contributed by atoms with Gasteiger partial charge in [0.25, 0.3) is 0 Å². The molecule has 1 fully saturated rings. The lowest BCUT2D eigenvalue weighted by Crippen LogP contribution is -2.55. The van der Waals surface area contributed by atoms with Gasteiger partial charge in [-0.25, -0.2) is 0 Å². The van der Waals surface area contributed by atoms with E-state index >= 15 is 0 Å². The second-order valence-electron chi connectivity index (χ2n) is 11.8. The fourth-order valence-corrected chi connectivity index (χ4v) is 6.38. The van der Waals surface area contributed by atoms with Crippen molar-refractivity contribution < 1.29 is 27.8 Å². The Morgan fingerprint density at radius 1 is 0.979 bits per heavy atom. The molecule has 0 spiro atoms. The SMILES string of the molecule is O=C(O)CN1CCN(C2C=CC=C(OCCCN(Cc3cccc(C(F)(F)F)c3Cl)CC(c3ccccc3)c3ccccc3)N2)CC1. The molecule has 7 nitrogen and oxygen atoms in total. The first-order valence-corrected chi connectivity index (χ1v) is 16.2. The highest BCUT2D eigenvalue weighted by Gasteiger charge is 2.34. The maximum absolute atomic E-state index is 13.7. The number of nitrogens with one attached hydrogen (secondary N) is 1. The van der Waals surface area contributed by atoms with Crippen LogP contribution in [0.25, 0.3) is 0 Å². The fourth-order valence-electron chi connectivity index (χ4n) is 6.08. The molecule has 1 atom stereocenters. The van der Waals surface area contributed by atoms with Gasteiger partial charge in [-0.1, -0.05) is 90.5 Å². The van der Waals surface area contributed by atoms with Crippen LogP contribution in [-0.2, 0) is 22.3 Å². The van der Waals surface area contributed by atoms with Gasteiger partial charge in [-0.15, -0.1) is 0 Å². The Hall–Kier alpha value is -3.83. The molecule has 3 aromatic rings. The van der Waals surface area contributed by atoms with Crippen LogP contribution in [0.4, 0.5) is 13.2 Å².